The van der Waals surface area contributed by atoms with Crippen molar-refractivity contribution in [3.63, 3.8) is 0 Å². The highest BCUT2D eigenvalue weighted by Crippen LogP contribution is 2.16. The number of carbonyl (C=O) groups is 2. The molecular formula is C14H12ClNO3. The van der Waals surface area contributed by atoms with Gasteiger partial charge in [0.25, 0.3) is 0 Å². The summed E-state index contributed by atoms with van der Waals surface area (Å²) in [5, 5.41) is 0.302. The van der Waals surface area contributed by atoms with Gasteiger partial charge in [-0.2, -0.15) is 0 Å². The van der Waals surface area contributed by atoms with Gasteiger partial charge in [-0.15, -0.1) is 0 Å². The molecule has 0 unspecified atom stereocenters. The summed E-state index contributed by atoms with van der Waals surface area (Å²) in [6.07, 6.45) is 7.30. The molecule has 4 nitrogen and oxygen atoms in total. The molecule has 0 saturated heterocycles. The van der Waals surface area contributed by atoms with Gasteiger partial charge in [-0.1, -0.05) is 11.6 Å². The molecule has 0 aliphatic carbocycles. The number of rotatable bonds is 5. The fourth-order valence-corrected chi connectivity index (χ4v) is 1.87. The molecule has 5 heteroatoms. The van der Waals surface area contributed by atoms with Gasteiger partial charge in [0.05, 0.1) is 11.3 Å². The van der Waals surface area contributed by atoms with Crippen LogP contribution in [0.25, 0.3) is 0 Å². The van der Waals surface area contributed by atoms with Crippen LogP contribution in [0, 0.1) is 0 Å². The fraction of sp³-hybridized carbons (Fsp3) is 0.214. The second kappa shape index (κ2) is 6.29. The second-order valence-corrected chi connectivity index (χ2v) is 4.38. The quantitative estimate of drug-likeness (QED) is 0.776. The lowest BCUT2D eigenvalue weighted by molar-refractivity contribution is -0.118. The van der Waals surface area contributed by atoms with E-state index in [0.29, 0.717) is 17.2 Å². The van der Waals surface area contributed by atoms with E-state index in [1.54, 1.807) is 24.3 Å². The average Bonchev–Trinajstić information content (AvgIpc) is 2.46. The molecule has 1 aromatic rings. The van der Waals surface area contributed by atoms with Crippen LogP contribution < -0.4 is 0 Å². The number of Topliss-reactive ketones (excluding diaryl/α,β-unsaturated/α-hetero) is 2. The van der Waals surface area contributed by atoms with Gasteiger partial charge >= 0.3 is 0 Å². The third-order valence-corrected chi connectivity index (χ3v) is 2.91. The summed E-state index contributed by atoms with van der Waals surface area (Å²) in [5.74, 6) is -0.141. The summed E-state index contributed by atoms with van der Waals surface area (Å²) < 4.78 is 5.08. The van der Waals surface area contributed by atoms with Gasteiger partial charge in [-0.05, 0) is 30.7 Å². The normalized spacial score (nSPS) is 13.6. The summed E-state index contributed by atoms with van der Waals surface area (Å²) in [5.41, 5.74) is 0.204. The molecule has 1 aliphatic rings. The highest BCUT2D eigenvalue weighted by Gasteiger charge is 2.16. The predicted molar refractivity (Wildman–Crippen MR) is 70.7 cm³/mol. The van der Waals surface area contributed by atoms with E-state index in [4.69, 9.17) is 16.3 Å². The van der Waals surface area contributed by atoms with Crippen LogP contribution in [-0.4, -0.2) is 16.6 Å². The van der Waals surface area contributed by atoms with Gasteiger partial charge in [-0.3, -0.25) is 14.6 Å². The van der Waals surface area contributed by atoms with Crippen molar-refractivity contribution in [2.24, 2.45) is 0 Å². The van der Waals surface area contributed by atoms with E-state index >= 15 is 0 Å². The minimum atomic E-state index is -0.245. The molecule has 0 aromatic carbocycles. The Hall–Kier alpha value is -1.94. The standard InChI is InChI=1S/C14H12ClNO3/c15-10-4-3-8-16-14(10)12(18)7-6-11(17)13-5-1-2-9-19-13/h2-5,8-9H,1,6-7H2. The van der Waals surface area contributed by atoms with Crippen LogP contribution in [0.5, 0.6) is 0 Å². The third kappa shape index (κ3) is 3.51. The molecule has 1 aliphatic heterocycles. The first-order valence-electron chi connectivity index (χ1n) is 5.87. The van der Waals surface area contributed by atoms with Crippen molar-refractivity contribution in [1.82, 2.24) is 4.98 Å². The maximum absolute atomic E-state index is 11.9. The Labute approximate surface area is 115 Å². The Morgan fingerprint density at radius 2 is 2.11 bits per heavy atom. The van der Waals surface area contributed by atoms with Gasteiger partial charge < -0.3 is 4.74 Å². The largest absolute Gasteiger partial charge is 0.462 e. The topological polar surface area (TPSA) is 56.3 Å². The Bertz CT molecular complexity index is 564. The number of aromatic nitrogens is 1. The minimum Gasteiger partial charge on any atom is -0.462 e. The van der Waals surface area contributed by atoms with E-state index in [1.807, 2.05) is 0 Å². The van der Waals surface area contributed by atoms with Crippen molar-refractivity contribution in [2.45, 2.75) is 19.3 Å². The van der Waals surface area contributed by atoms with Crippen LogP contribution in [0.3, 0.4) is 0 Å². The van der Waals surface area contributed by atoms with Crippen molar-refractivity contribution in [2.75, 3.05) is 0 Å². The van der Waals surface area contributed by atoms with Crippen molar-refractivity contribution in [3.8, 4) is 0 Å². The minimum absolute atomic E-state index is 0.0694. The molecule has 0 bridgehead atoms. The second-order valence-electron chi connectivity index (χ2n) is 3.97. The molecule has 2 heterocycles. The molecular weight excluding hydrogens is 266 g/mol. The zero-order valence-electron chi connectivity index (χ0n) is 10.1. The lowest BCUT2D eigenvalue weighted by Crippen LogP contribution is -2.10. The summed E-state index contributed by atoms with van der Waals surface area (Å²) in [6, 6.07) is 3.25. The smallest absolute Gasteiger partial charge is 0.198 e. The van der Waals surface area contributed by atoms with E-state index in [0.717, 1.165) is 0 Å². The lowest BCUT2D eigenvalue weighted by atomic mass is 10.1. The molecule has 1 aromatic heterocycles. The molecule has 98 valence electrons. The zero-order chi connectivity index (χ0) is 13.7. The molecule has 0 fully saturated rings. The highest BCUT2D eigenvalue weighted by atomic mass is 35.5. The first-order chi connectivity index (χ1) is 9.18. The molecule has 0 spiro atoms. The highest BCUT2D eigenvalue weighted by molar-refractivity contribution is 6.33. The van der Waals surface area contributed by atoms with E-state index in [1.165, 1.54) is 12.5 Å². The zero-order valence-corrected chi connectivity index (χ0v) is 10.9. The van der Waals surface area contributed by atoms with Crippen LogP contribution in [0.1, 0.15) is 29.8 Å². The summed E-state index contributed by atoms with van der Waals surface area (Å²) in [6.45, 7) is 0. The molecule has 0 N–H and O–H groups in total. The Morgan fingerprint density at radius 3 is 2.79 bits per heavy atom. The summed E-state index contributed by atoms with van der Waals surface area (Å²) in [7, 11) is 0. The van der Waals surface area contributed by atoms with E-state index in [2.05, 4.69) is 4.98 Å². The number of allylic oxidation sites excluding steroid dienone is 3. The number of halogens is 1. The number of carbonyl (C=O) groups excluding carboxylic acids is 2. The Balaban J connectivity index is 1.92. The predicted octanol–water partition coefficient (Wildman–Crippen LogP) is 3.08. The molecule has 0 radical (unpaired) electrons. The number of nitrogens with zero attached hydrogens (tertiary/aromatic N) is 1. The van der Waals surface area contributed by atoms with E-state index < -0.39 is 0 Å². The van der Waals surface area contributed by atoms with Gasteiger partial charge in [0, 0.05) is 19.0 Å². The molecule has 0 atom stereocenters. The Kier molecular flexibility index (Phi) is 4.47. The monoisotopic (exact) mass is 277 g/mol. The molecule has 0 amide bonds. The van der Waals surface area contributed by atoms with Crippen LogP contribution >= 0.6 is 11.6 Å². The van der Waals surface area contributed by atoms with Crippen LogP contribution in [0.2, 0.25) is 5.02 Å². The first kappa shape index (κ1) is 13.5. The van der Waals surface area contributed by atoms with Crippen molar-refractivity contribution in [1.29, 1.82) is 0 Å². The van der Waals surface area contributed by atoms with Crippen LogP contribution in [0.15, 0.2) is 42.5 Å². The van der Waals surface area contributed by atoms with Crippen LogP contribution in [0.4, 0.5) is 0 Å². The van der Waals surface area contributed by atoms with E-state index in [9.17, 15) is 9.59 Å². The summed E-state index contributed by atoms with van der Waals surface area (Å²) in [4.78, 5) is 27.6. The fourth-order valence-electron chi connectivity index (χ4n) is 1.64. The number of pyridine rings is 1. The average molecular weight is 278 g/mol. The maximum Gasteiger partial charge on any atom is 0.198 e. The van der Waals surface area contributed by atoms with Gasteiger partial charge in [0.15, 0.2) is 17.3 Å². The summed E-state index contributed by atoms with van der Waals surface area (Å²) >= 11 is 5.87. The number of hydrogen-bond acceptors (Lipinski definition) is 4. The van der Waals surface area contributed by atoms with Crippen LogP contribution in [-0.2, 0) is 9.53 Å². The lowest BCUT2D eigenvalue weighted by Gasteiger charge is -2.08. The Morgan fingerprint density at radius 1 is 1.32 bits per heavy atom. The van der Waals surface area contributed by atoms with Crippen molar-refractivity contribution >= 4 is 23.2 Å². The van der Waals surface area contributed by atoms with Gasteiger partial charge in [0.2, 0.25) is 0 Å². The van der Waals surface area contributed by atoms with Gasteiger partial charge in [0.1, 0.15) is 5.69 Å². The van der Waals surface area contributed by atoms with Crippen molar-refractivity contribution < 1.29 is 14.3 Å². The number of ether oxygens (including phenoxy) is 1. The maximum atomic E-state index is 11.9. The third-order valence-electron chi connectivity index (χ3n) is 2.61. The molecule has 0 saturated carbocycles. The first-order valence-corrected chi connectivity index (χ1v) is 6.25. The SMILES string of the molecule is O=C(CCC(=O)c1ncccc1Cl)C1=CCC=CO1. The number of hydrogen-bond donors (Lipinski definition) is 0. The van der Waals surface area contributed by atoms with E-state index in [-0.39, 0.29) is 30.1 Å². The van der Waals surface area contributed by atoms with Crippen molar-refractivity contribution in [3.05, 3.63) is 53.2 Å². The molecule has 2 rings (SSSR count). The number of ketones is 2. The molecule has 19 heavy (non-hydrogen) atoms. The van der Waals surface area contributed by atoms with Gasteiger partial charge in [-0.25, -0.2) is 0 Å².